The van der Waals surface area contributed by atoms with Crippen molar-refractivity contribution in [1.82, 2.24) is 9.88 Å². The summed E-state index contributed by atoms with van der Waals surface area (Å²) < 4.78 is 5.66. The highest BCUT2D eigenvalue weighted by molar-refractivity contribution is 5.95. The lowest BCUT2D eigenvalue weighted by atomic mass is 10.2. The Morgan fingerprint density at radius 1 is 1.04 bits per heavy atom. The molecule has 2 heterocycles. The number of hydrogen-bond acceptors (Lipinski definition) is 4. The standard InChI is InChI=1S/C21H27N3O2/c1-16(2)26-20-9-7-18(8-10-20)23-19-13-17(14-22-15-19)21(25)24-11-5-3-4-6-12-24/h7-10,13-16,23H,3-6,11-12H2,1-2H3. The van der Waals surface area contributed by atoms with Crippen LogP contribution in [0.25, 0.3) is 0 Å². The van der Waals surface area contributed by atoms with Crippen molar-refractivity contribution in [3.05, 3.63) is 48.3 Å². The van der Waals surface area contributed by atoms with Crippen molar-refractivity contribution in [1.29, 1.82) is 0 Å². The molecular formula is C21H27N3O2. The number of ether oxygens (including phenoxy) is 1. The average molecular weight is 353 g/mol. The molecule has 138 valence electrons. The van der Waals surface area contributed by atoms with Crippen LogP contribution in [0.2, 0.25) is 0 Å². The van der Waals surface area contributed by atoms with E-state index in [1.807, 2.05) is 49.1 Å². The van der Waals surface area contributed by atoms with Crippen LogP contribution in [0.5, 0.6) is 5.75 Å². The maximum atomic E-state index is 12.7. The van der Waals surface area contributed by atoms with Gasteiger partial charge in [-0.3, -0.25) is 9.78 Å². The minimum atomic E-state index is 0.0729. The van der Waals surface area contributed by atoms with Crippen molar-refractivity contribution in [2.75, 3.05) is 18.4 Å². The van der Waals surface area contributed by atoms with E-state index in [4.69, 9.17) is 4.74 Å². The van der Waals surface area contributed by atoms with E-state index in [0.29, 0.717) is 5.56 Å². The zero-order valence-electron chi connectivity index (χ0n) is 15.6. The Balaban J connectivity index is 1.67. The van der Waals surface area contributed by atoms with Gasteiger partial charge in [0, 0.05) is 25.0 Å². The molecule has 0 saturated carbocycles. The number of aromatic nitrogens is 1. The molecule has 0 bridgehead atoms. The molecule has 5 heteroatoms. The van der Waals surface area contributed by atoms with E-state index < -0.39 is 0 Å². The Bertz CT molecular complexity index is 720. The number of nitrogens with one attached hydrogen (secondary N) is 1. The van der Waals surface area contributed by atoms with E-state index in [-0.39, 0.29) is 12.0 Å². The number of carbonyl (C=O) groups is 1. The van der Waals surface area contributed by atoms with Crippen LogP contribution in [0.4, 0.5) is 11.4 Å². The number of rotatable bonds is 5. The summed E-state index contributed by atoms with van der Waals surface area (Å²) in [6.07, 6.45) is 8.12. The maximum absolute atomic E-state index is 12.7. The smallest absolute Gasteiger partial charge is 0.255 e. The van der Waals surface area contributed by atoms with Crippen molar-refractivity contribution < 1.29 is 9.53 Å². The van der Waals surface area contributed by atoms with Gasteiger partial charge in [0.2, 0.25) is 0 Å². The molecule has 0 unspecified atom stereocenters. The van der Waals surface area contributed by atoms with Crippen molar-refractivity contribution in [3.63, 3.8) is 0 Å². The van der Waals surface area contributed by atoms with Crippen molar-refractivity contribution in [3.8, 4) is 5.75 Å². The van der Waals surface area contributed by atoms with Gasteiger partial charge < -0.3 is 15.0 Å². The predicted octanol–water partition coefficient (Wildman–Crippen LogP) is 4.63. The van der Waals surface area contributed by atoms with Crippen LogP contribution in [-0.4, -0.2) is 35.0 Å². The van der Waals surface area contributed by atoms with Gasteiger partial charge in [-0.05, 0) is 57.0 Å². The van der Waals surface area contributed by atoms with Crippen LogP contribution < -0.4 is 10.1 Å². The second-order valence-electron chi connectivity index (χ2n) is 6.98. The van der Waals surface area contributed by atoms with Gasteiger partial charge in [-0.2, -0.15) is 0 Å². The first-order valence-corrected chi connectivity index (χ1v) is 9.40. The molecule has 0 atom stereocenters. The van der Waals surface area contributed by atoms with E-state index >= 15 is 0 Å². The summed E-state index contributed by atoms with van der Waals surface area (Å²) in [4.78, 5) is 18.9. The summed E-state index contributed by atoms with van der Waals surface area (Å²) >= 11 is 0. The molecule has 0 spiro atoms. The highest BCUT2D eigenvalue weighted by atomic mass is 16.5. The molecule has 1 fully saturated rings. The zero-order chi connectivity index (χ0) is 18.4. The van der Waals surface area contributed by atoms with Gasteiger partial charge in [0.15, 0.2) is 0 Å². The molecule has 1 aromatic carbocycles. The zero-order valence-corrected chi connectivity index (χ0v) is 15.6. The van der Waals surface area contributed by atoms with Gasteiger partial charge in [0.05, 0.1) is 23.6 Å². The number of pyridine rings is 1. The van der Waals surface area contributed by atoms with E-state index in [1.54, 1.807) is 12.4 Å². The first kappa shape index (κ1) is 18.2. The fourth-order valence-corrected chi connectivity index (χ4v) is 3.14. The molecule has 1 amide bonds. The van der Waals surface area contributed by atoms with Crippen molar-refractivity contribution >= 4 is 17.3 Å². The number of carbonyl (C=O) groups excluding carboxylic acids is 1. The summed E-state index contributed by atoms with van der Waals surface area (Å²) in [5, 5.41) is 3.31. The van der Waals surface area contributed by atoms with E-state index in [9.17, 15) is 4.79 Å². The Morgan fingerprint density at radius 2 is 1.73 bits per heavy atom. The Morgan fingerprint density at radius 3 is 2.38 bits per heavy atom. The van der Waals surface area contributed by atoms with Gasteiger partial charge in [-0.1, -0.05) is 12.8 Å². The maximum Gasteiger partial charge on any atom is 0.255 e. The average Bonchev–Trinajstić information content (AvgIpc) is 2.92. The van der Waals surface area contributed by atoms with Crippen LogP contribution in [0.3, 0.4) is 0 Å². The lowest BCUT2D eigenvalue weighted by Gasteiger charge is -2.20. The highest BCUT2D eigenvalue weighted by Gasteiger charge is 2.17. The van der Waals surface area contributed by atoms with E-state index in [0.717, 1.165) is 43.1 Å². The molecule has 0 aliphatic carbocycles. The van der Waals surface area contributed by atoms with E-state index in [1.165, 1.54) is 12.8 Å². The van der Waals surface area contributed by atoms with E-state index in [2.05, 4.69) is 10.3 Å². The molecule has 26 heavy (non-hydrogen) atoms. The fraction of sp³-hybridized carbons (Fsp3) is 0.429. The van der Waals surface area contributed by atoms with Crippen LogP contribution in [0.1, 0.15) is 49.9 Å². The summed E-state index contributed by atoms with van der Waals surface area (Å²) in [6.45, 7) is 5.69. The van der Waals surface area contributed by atoms with Crippen LogP contribution in [0.15, 0.2) is 42.7 Å². The minimum absolute atomic E-state index is 0.0729. The van der Waals surface area contributed by atoms with Gasteiger partial charge >= 0.3 is 0 Å². The van der Waals surface area contributed by atoms with Gasteiger partial charge in [-0.25, -0.2) is 0 Å². The first-order chi connectivity index (χ1) is 12.6. The normalized spacial score (nSPS) is 14.8. The predicted molar refractivity (Wildman–Crippen MR) is 104 cm³/mol. The molecule has 3 rings (SSSR count). The highest BCUT2D eigenvalue weighted by Crippen LogP contribution is 2.22. The van der Waals surface area contributed by atoms with Gasteiger partial charge in [-0.15, -0.1) is 0 Å². The largest absolute Gasteiger partial charge is 0.491 e. The lowest BCUT2D eigenvalue weighted by Crippen LogP contribution is -2.31. The third kappa shape index (κ3) is 4.97. The number of hydrogen-bond donors (Lipinski definition) is 1. The number of anilines is 2. The summed E-state index contributed by atoms with van der Waals surface area (Å²) in [6, 6.07) is 9.66. The number of benzene rings is 1. The van der Waals surface area contributed by atoms with Gasteiger partial charge in [0.25, 0.3) is 5.91 Å². The molecule has 0 radical (unpaired) electrons. The summed E-state index contributed by atoms with van der Waals surface area (Å²) in [7, 11) is 0. The Hall–Kier alpha value is -2.56. The molecule has 1 aliphatic rings. The monoisotopic (exact) mass is 353 g/mol. The first-order valence-electron chi connectivity index (χ1n) is 9.40. The van der Waals surface area contributed by atoms with Gasteiger partial charge in [0.1, 0.15) is 5.75 Å². The minimum Gasteiger partial charge on any atom is -0.491 e. The summed E-state index contributed by atoms with van der Waals surface area (Å²) in [5.41, 5.74) is 2.38. The fourth-order valence-electron chi connectivity index (χ4n) is 3.14. The number of nitrogens with zero attached hydrogens (tertiary/aromatic N) is 2. The molecule has 5 nitrogen and oxygen atoms in total. The molecule has 1 aromatic heterocycles. The SMILES string of the molecule is CC(C)Oc1ccc(Nc2cncc(C(=O)N3CCCCCC3)c2)cc1. The van der Waals surface area contributed by atoms with Crippen LogP contribution in [0, 0.1) is 0 Å². The second-order valence-corrected chi connectivity index (χ2v) is 6.98. The van der Waals surface area contributed by atoms with Crippen molar-refractivity contribution in [2.24, 2.45) is 0 Å². The summed E-state index contributed by atoms with van der Waals surface area (Å²) in [5.74, 6) is 0.914. The molecular weight excluding hydrogens is 326 g/mol. The Labute approximate surface area is 155 Å². The van der Waals surface area contributed by atoms with Crippen molar-refractivity contribution in [2.45, 2.75) is 45.6 Å². The molecule has 1 aliphatic heterocycles. The second kappa shape index (κ2) is 8.70. The number of likely N-dealkylation sites (tertiary alicyclic amines) is 1. The third-order valence-electron chi connectivity index (χ3n) is 4.39. The third-order valence-corrected chi connectivity index (χ3v) is 4.39. The topological polar surface area (TPSA) is 54.5 Å². The molecule has 1 N–H and O–H groups in total. The number of amides is 1. The lowest BCUT2D eigenvalue weighted by molar-refractivity contribution is 0.0761. The Kier molecular flexibility index (Phi) is 6.10. The van der Waals surface area contributed by atoms with Crippen LogP contribution >= 0.6 is 0 Å². The molecule has 2 aromatic rings. The van der Waals surface area contributed by atoms with Crippen LogP contribution in [-0.2, 0) is 0 Å². The quantitative estimate of drug-likeness (QED) is 0.851. The molecule has 1 saturated heterocycles.